The maximum Gasteiger partial charge on any atom is 0.234 e. The molecule has 0 amide bonds. The summed E-state index contributed by atoms with van der Waals surface area (Å²) >= 11 is 0. The summed E-state index contributed by atoms with van der Waals surface area (Å²) < 4.78 is 24.7. The second kappa shape index (κ2) is 5.09. The largest absolute Gasteiger partial charge is 0.330 e. The van der Waals surface area contributed by atoms with Crippen molar-refractivity contribution in [1.82, 2.24) is 4.98 Å². The third kappa shape index (κ3) is 3.17. The third-order valence-corrected chi connectivity index (χ3v) is 3.90. The molecule has 0 atom stereocenters. The number of pyridine rings is 1. The van der Waals surface area contributed by atoms with Gasteiger partial charge in [0.25, 0.3) is 0 Å². The number of rotatable bonds is 5. The predicted molar refractivity (Wildman–Crippen MR) is 60.1 cm³/mol. The molecule has 15 heavy (non-hydrogen) atoms. The molecule has 1 heterocycles. The molecule has 0 saturated carbocycles. The summed E-state index contributed by atoms with van der Waals surface area (Å²) in [7, 11) is -1.72. The van der Waals surface area contributed by atoms with Gasteiger partial charge in [0.1, 0.15) is 0 Å². The zero-order valence-electron chi connectivity index (χ0n) is 8.63. The quantitative estimate of drug-likeness (QED) is 0.782. The molecule has 6 heteroatoms. The van der Waals surface area contributed by atoms with Crippen LogP contribution in [0.25, 0.3) is 0 Å². The van der Waals surface area contributed by atoms with Gasteiger partial charge in [-0.05, 0) is 25.1 Å². The van der Waals surface area contributed by atoms with Gasteiger partial charge >= 0.3 is 0 Å². The molecule has 2 N–H and O–H groups in total. The minimum atomic E-state index is -3.25. The zero-order chi connectivity index (χ0) is 11.3. The molecule has 0 aliphatic heterocycles. The maximum absolute atomic E-state index is 11.7. The average molecular weight is 229 g/mol. The standard InChI is InChI=1S/C9H15N3O2S/c1-12(9-3-6-11-7-4-9)15(13,14)8-2-5-10/h3-4,6-7H,2,5,8,10H2,1H3. The molecule has 1 aromatic rings. The second-order valence-electron chi connectivity index (χ2n) is 3.13. The summed E-state index contributed by atoms with van der Waals surface area (Å²) in [6.07, 6.45) is 3.59. The van der Waals surface area contributed by atoms with Gasteiger partial charge in [0, 0.05) is 19.4 Å². The van der Waals surface area contributed by atoms with Crippen LogP contribution in [-0.2, 0) is 10.0 Å². The summed E-state index contributed by atoms with van der Waals surface area (Å²) in [4.78, 5) is 3.83. The molecule has 0 aliphatic carbocycles. The van der Waals surface area contributed by atoms with Crippen LogP contribution in [0.15, 0.2) is 24.5 Å². The summed E-state index contributed by atoms with van der Waals surface area (Å²) in [5, 5.41) is 0. The molecule has 1 aromatic heterocycles. The summed E-state index contributed by atoms with van der Waals surface area (Å²) in [5.74, 6) is 0.0717. The van der Waals surface area contributed by atoms with Crippen LogP contribution >= 0.6 is 0 Å². The molecule has 0 fully saturated rings. The van der Waals surface area contributed by atoms with E-state index in [1.807, 2.05) is 0 Å². The maximum atomic E-state index is 11.7. The smallest absolute Gasteiger partial charge is 0.234 e. The third-order valence-electron chi connectivity index (χ3n) is 2.05. The summed E-state index contributed by atoms with van der Waals surface area (Å²) in [6.45, 7) is 0.378. The lowest BCUT2D eigenvalue weighted by Gasteiger charge is -2.18. The van der Waals surface area contributed by atoms with E-state index >= 15 is 0 Å². The Hall–Kier alpha value is -1.14. The molecule has 5 nitrogen and oxygen atoms in total. The minimum Gasteiger partial charge on any atom is -0.330 e. The van der Waals surface area contributed by atoms with Crippen molar-refractivity contribution in [2.45, 2.75) is 6.42 Å². The Labute approximate surface area is 90.0 Å². The molecule has 0 aliphatic rings. The fourth-order valence-corrected chi connectivity index (χ4v) is 2.37. The van der Waals surface area contributed by atoms with Crippen molar-refractivity contribution in [3.05, 3.63) is 24.5 Å². The van der Waals surface area contributed by atoms with Gasteiger partial charge in [0.05, 0.1) is 11.4 Å². The van der Waals surface area contributed by atoms with Crippen molar-refractivity contribution < 1.29 is 8.42 Å². The van der Waals surface area contributed by atoms with E-state index in [2.05, 4.69) is 4.98 Å². The second-order valence-corrected chi connectivity index (χ2v) is 5.25. The van der Waals surface area contributed by atoms with E-state index in [1.165, 1.54) is 11.4 Å². The van der Waals surface area contributed by atoms with E-state index in [-0.39, 0.29) is 5.75 Å². The number of sulfonamides is 1. The lowest BCUT2D eigenvalue weighted by Crippen LogP contribution is -2.29. The van der Waals surface area contributed by atoms with Gasteiger partial charge in [-0.25, -0.2) is 8.42 Å². The number of aromatic nitrogens is 1. The van der Waals surface area contributed by atoms with E-state index in [9.17, 15) is 8.42 Å². The first-order valence-electron chi connectivity index (χ1n) is 4.64. The van der Waals surface area contributed by atoms with E-state index in [4.69, 9.17) is 5.73 Å². The summed E-state index contributed by atoms with van der Waals surface area (Å²) in [5.41, 5.74) is 5.89. The number of hydrogen-bond acceptors (Lipinski definition) is 4. The number of nitrogens with zero attached hydrogens (tertiary/aromatic N) is 2. The molecular formula is C9H15N3O2S. The van der Waals surface area contributed by atoms with Crippen LogP contribution in [0, 0.1) is 0 Å². The number of anilines is 1. The monoisotopic (exact) mass is 229 g/mol. The lowest BCUT2D eigenvalue weighted by atomic mass is 10.4. The van der Waals surface area contributed by atoms with Crippen LogP contribution in [0.4, 0.5) is 5.69 Å². The van der Waals surface area contributed by atoms with Gasteiger partial charge < -0.3 is 5.73 Å². The van der Waals surface area contributed by atoms with Gasteiger partial charge in [0.15, 0.2) is 0 Å². The minimum absolute atomic E-state index is 0.0717. The van der Waals surface area contributed by atoms with Crippen LogP contribution in [0.5, 0.6) is 0 Å². The SMILES string of the molecule is CN(c1ccncc1)S(=O)(=O)CCCN. The van der Waals surface area contributed by atoms with Gasteiger partial charge in [-0.2, -0.15) is 0 Å². The Morgan fingerprint density at radius 2 is 2.00 bits per heavy atom. The molecular weight excluding hydrogens is 214 g/mol. The zero-order valence-corrected chi connectivity index (χ0v) is 9.44. The predicted octanol–water partition coefficient (Wildman–Crippen LogP) is 0.196. The molecule has 0 bridgehead atoms. The van der Waals surface area contributed by atoms with E-state index in [0.717, 1.165) is 0 Å². The highest BCUT2D eigenvalue weighted by molar-refractivity contribution is 7.92. The normalized spacial score (nSPS) is 11.3. The van der Waals surface area contributed by atoms with Crippen molar-refractivity contribution in [2.75, 3.05) is 23.7 Å². The highest BCUT2D eigenvalue weighted by Crippen LogP contribution is 2.14. The Kier molecular flexibility index (Phi) is 4.05. The first-order chi connectivity index (χ1) is 7.08. The fourth-order valence-electron chi connectivity index (χ4n) is 1.12. The van der Waals surface area contributed by atoms with Gasteiger partial charge in [-0.15, -0.1) is 0 Å². The molecule has 0 spiro atoms. The van der Waals surface area contributed by atoms with Crippen molar-refractivity contribution >= 4 is 15.7 Å². The molecule has 0 unspecified atom stereocenters. The summed E-state index contributed by atoms with van der Waals surface area (Å²) in [6, 6.07) is 3.31. The molecule has 0 aromatic carbocycles. The average Bonchev–Trinajstić information content (AvgIpc) is 2.26. The topological polar surface area (TPSA) is 76.3 Å². The highest BCUT2D eigenvalue weighted by Gasteiger charge is 2.17. The fraction of sp³-hybridized carbons (Fsp3) is 0.444. The molecule has 84 valence electrons. The first kappa shape index (κ1) is 11.9. The first-order valence-corrected chi connectivity index (χ1v) is 6.25. The van der Waals surface area contributed by atoms with Crippen LogP contribution in [0.2, 0.25) is 0 Å². The van der Waals surface area contributed by atoms with Crippen molar-refractivity contribution in [1.29, 1.82) is 0 Å². The van der Waals surface area contributed by atoms with Crippen molar-refractivity contribution in [2.24, 2.45) is 5.73 Å². The Balaban J connectivity index is 2.80. The Morgan fingerprint density at radius 3 is 2.53 bits per heavy atom. The van der Waals surface area contributed by atoms with E-state index in [0.29, 0.717) is 18.7 Å². The van der Waals surface area contributed by atoms with E-state index in [1.54, 1.807) is 24.5 Å². The van der Waals surface area contributed by atoms with Crippen LogP contribution in [0.3, 0.4) is 0 Å². The molecule has 1 rings (SSSR count). The van der Waals surface area contributed by atoms with Crippen molar-refractivity contribution in [3.63, 3.8) is 0 Å². The molecule has 0 radical (unpaired) electrons. The lowest BCUT2D eigenvalue weighted by molar-refractivity contribution is 0.592. The highest BCUT2D eigenvalue weighted by atomic mass is 32.2. The Bertz CT molecular complexity index is 391. The van der Waals surface area contributed by atoms with Gasteiger partial charge in [-0.1, -0.05) is 0 Å². The van der Waals surface area contributed by atoms with Crippen LogP contribution in [-0.4, -0.2) is 32.7 Å². The van der Waals surface area contributed by atoms with E-state index < -0.39 is 10.0 Å². The van der Waals surface area contributed by atoms with Crippen molar-refractivity contribution in [3.8, 4) is 0 Å². The Morgan fingerprint density at radius 1 is 1.40 bits per heavy atom. The van der Waals surface area contributed by atoms with Crippen LogP contribution in [0.1, 0.15) is 6.42 Å². The van der Waals surface area contributed by atoms with Gasteiger partial charge in [0.2, 0.25) is 10.0 Å². The number of nitrogens with two attached hydrogens (primary N) is 1. The van der Waals surface area contributed by atoms with Crippen LogP contribution < -0.4 is 10.0 Å². The number of hydrogen-bond donors (Lipinski definition) is 1. The molecule has 0 saturated heterocycles. The van der Waals surface area contributed by atoms with Gasteiger partial charge in [-0.3, -0.25) is 9.29 Å².